The number of nitrogens with one attached hydrogen (secondary N) is 1. The first-order valence-electron chi connectivity index (χ1n) is 4.88. The van der Waals surface area contributed by atoms with E-state index in [2.05, 4.69) is 17.0 Å². The van der Waals surface area contributed by atoms with E-state index in [0.29, 0.717) is 0 Å². The summed E-state index contributed by atoms with van der Waals surface area (Å²) >= 11 is 0. The van der Waals surface area contributed by atoms with E-state index in [1.807, 2.05) is 36.4 Å². The number of amides is 1. The first-order chi connectivity index (χ1) is 7.27. The fourth-order valence-corrected chi connectivity index (χ4v) is 1.16. The molecular formula is C12H15NO2. The highest BCUT2D eigenvalue weighted by atomic mass is 16.5. The number of allylic oxidation sites excluding steroid dienone is 1. The predicted octanol–water partition coefficient (Wildman–Crippen LogP) is 3.29. The van der Waals surface area contributed by atoms with Gasteiger partial charge in [-0.3, -0.25) is 5.32 Å². The van der Waals surface area contributed by atoms with Gasteiger partial charge < -0.3 is 4.74 Å². The van der Waals surface area contributed by atoms with Crippen molar-refractivity contribution in [3.05, 3.63) is 35.9 Å². The fourth-order valence-electron chi connectivity index (χ4n) is 1.16. The van der Waals surface area contributed by atoms with E-state index in [1.165, 1.54) is 7.11 Å². The zero-order valence-electron chi connectivity index (χ0n) is 8.99. The van der Waals surface area contributed by atoms with Crippen LogP contribution in [0.15, 0.2) is 30.3 Å². The summed E-state index contributed by atoms with van der Waals surface area (Å²) in [4.78, 5) is 11.0. The molecule has 1 aromatic rings. The molecule has 0 aliphatic rings. The van der Waals surface area contributed by atoms with Crippen molar-refractivity contribution in [1.29, 1.82) is 0 Å². The van der Waals surface area contributed by atoms with E-state index in [1.54, 1.807) is 0 Å². The Hall–Kier alpha value is -1.77. The van der Waals surface area contributed by atoms with Crippen molar-refractivity contribution in [2.24, 2.45) is 0 Å². The summed E-state index contributed by atoms with van der Waals surface area (Å²) in [6.07, 6.45) is 4.53. The van der Waals surface area contributed by atoms with Crippen LogP contribution in [0.3, 0.4) is 0 Å². The van der Waals surface area contributed by atoms with Gasteiger partial charge in [0.05, 0.1) is 12.8 Å². The number of rotatable bonds is 3. The number of ether oxygens (including phenoxy) is 1. The number of hydrogen-bond donors (Lipinski definition) is 1. The largest absolute Gasteiger partial charge is 0.453 e. The number of anilines is 1. The minimum atomic E-state index is -0.452. The Bertz CT molecular complexity index is 358. The van der Waals surface area contributed by atoms with Crippen molar-refractivity contribution in [3.63, 3.8) is 0 Å². The SMILES string of the molecule is CC/C=C/c1ccccc1NC(=O)OC. The molecule has 0 aliphatic carbocycles. The molecule has 0 saturated carbocycles. The Kier molecular flexibility index (Phi) is 4.41. The zero-order chi connectivity index (χ0) is 11.1. The van der Waals surface area contributed by atoms with Gasteiger partial charge in [-0.1, -0.05) is 37.3 Å². The van der Waals surface area contributed by atoms with Crippen LogP contribution in [0.1, 0.15) is 18.9 Å². The van der Waals surface area contributed by atoms with Crippen molar-refractivity contribution in [1.82, 2.24) is 0 Å². The van der Waals surface area contributed by atoms with Gasteiger partial charge in [0.25, 0.3) is 0 Å². The lowest BCUT2D eigenvalue weighted by atomic mass is 10.1. The second-order valence-corrected chi connectivity index (χ2v) is 3.01. The van der Waals surface area contributed by atoms with Crippen LogP contribution >= 0.6 is 0 Å². The lowest BCUT2D eigenvalue weighted by Gasteiger charge is -2.06. The molecule has 0 bridgehead atoms. The second kappa shape index (κ2) is 5.86. The topological polar surface area (TPSA) is 38.3 Å². The number of hydrogen-bond acceptors (Lipinski definition) is 2. The zero-order valence-corrected chi connectivity index (χ0v) is 8.99. The maximum atomic E-state index is 11.0. The quantitative estimate of drug-likeness (QED) is 0.822. The van der Waals surface area contributed by atoms with Crippen LogP contribution in [0.4, 0.5) is 10.5 Å². The third-order valence-electron chi connectivity index (χ3n) is 1.92. The minimum Gasteiger partial charge on any atom is -0.453 e. The lowest BCUT2D eigenvalue weighted by Crippen LogP contribution is -2.11. The van der Waals surface area contributed by atoms with Gasteiger partial charge in [-0.25, -0.2) is 4.79 Å². The highest BCUT2D eigenvalue weighted by Gasteiger charge is 2.02. The van der Waals surface area contributed by atoms with Crippen LogP contribution < -0.4 is 5.32 Å². The maximum absolute atomic E-state index is 11.0. The van der Waals surface area contributed by atoms with Crippen LogP contribution in [0, 0.1) is 0 Å². The van der Waals surface area contributed by atoms with E-state index in [0.717, 1.165) is 17.7 Å². The minimum absolute atomic E-state index is 0.452. The Morgan fingerprint density at radius 2 is 2.20 bits per heavy atom. The van der Waals surface area contributed by atoms with E-state index in [9.17, 15) is 4.79 Å². The smallest absolute Gasteiger partial charge is 0.411 e. The maximum Gasteiger partial charge on any atom is 0.411 e. The third kappa shape index (κ3) is 3.46. The van der Waals surface area contributed by atoms with Crippen molar-refractivity contribution >= 4 is 17.9 Å². The monoisotopic (exact) mass is 205 g/mol. The van der Waals surface area contributed by atoms with Gasteiger partial charge in [0, 0.05) is 0 Å². The lowest BCUT2D eigenvalue weighted by molar-refractivity contribution is 0.187. The van der Waals surface area contributed by atoms with Gasteiger partial charge >= 0.3 is 6.09 Å². The molecule has 1 aromatic carbocycles. The molecule has 0 unspecified atom stereocenters. The highest BCUT2D eigenvalue weighted by Crippen LogP contribution is 2.16. The number of benzene rings is 1. The van der Waals surface area contributed by atoms with Crippen molar-refractivity contribution in [3.8, 4) is 0 Å². The first kappa shape index (κ1) is 11.3. The van der Waals surface area contributed by atoms with Crippen LogP contribution in [0.2, 0.25) is 0 Å². The van der Waals surface area contributed by atoms with Crippen LogP contribution in [0.25, 0.3) is 6.08 Å². The van der Waals surface area contributed by atoms with E-state index in [-0.39, 0.29) is 0 Å². The van der Waals surface area contributed by atoms with Crippen LogP contribution in [-0.2, 0) is 4.74 Å². The summed E-state index contributed by atoms with van der Waals surface area (Å²) in [5.41, 5.74) is 1.74. The molecule has 0 fully saturated rings. The van der Waals surface area contributed by atoms with Gasteiger partial charge in [-0.15, -0.1) is 0 Å². The average Bonchev–Trinajstić information content (AvgIpc) is 2.28. The number of methoxy groups -OCH3 is 1. The predicted molar refractivity (Wildman–Crippen MR) is 61.8 cm³/mol. The Morgan fingerprint density at radius 1 is 1.47 bits per heavy atom. The first-order valence-corrected chi connectivity index (χ1v) is 4.88. The molecule has 3 nitrogen and oxygen atoms in total. The van der Waals surface area contributed by atoms with Crippen molar-refractivity contribution in [2.45, 2.75) is 13.3 Å². The van der Waals surface area contributed by atoms with Gasteiger partial charge in [-0.05, 0) is 18.1 Å². The molecule has 3 heteroatoms. The third-order valence-corrected chi connectivity index (χ3v) is 1.92. The van der Waals surface area contributed by atoms with Gasteiger partial charge in [0.1, 0.15) is 0 Å². The Morgan fingerprint density at radius 3 is 2.87 bits per heavy atom. The molecular weight excluding hydrogens is 190 g/mol. The number of para-hydroxylation sites is 1. The molecule has 0 heterocycles. The van der Waals surface area contributed by atoms with Gasteiger partial charge in [0.15, 0.2) is 0 Å². The van der Waals surface area contributed by atoms with Crippen LogP contribution in [0.5, 0.6) is 0 Å². The second-order valence-electron chi connectivity index (χ2n) is 3.01. The Labute approximate surface area is 89.8 Å². The molecule has 1 amide bonds. The van der Waals surface area contributed by atoms with Crippen LogP contribution in [-0.4, -0.2) is 13.2 Å². The summed E-state index contributed by atoms with van der Waals surface area (Å²) in [6.45, 7) is 2.06. The van der Waals surface area contributed by atoms with E-state index < -0.39 is 6.09 Å². The number of carbonyl (C=O) groups is 1. The summed E-state index contributed by atoms with van der Waals surface area (Å²) in [5, 5.41) is 2.66. The molecule has 0 saturated heterocycles. The summed E-state index contributed by atoms with van der Waals surface area (Å²) in [7, 11) is 1.35. The molecule has 15 heavy (non-hydrogen) atoms. The van der Waals surface area contributed by atoms with Crippen molar-refractivity contribution in [2.75, 3.05) is 12.4 Å². The molecule has 0 radical (unpaired) electrons. The fraction of sp³-hybridized carbons (Fsp3) is 0.250. The van der Waals surface area contributed by atoms with Crippen molar-refractivity contribution < 1.29 is 9.53 Å². The molecule has 80 valence electrons. The van der Waals surface area contributed by atoms with E-state index in [4.69, 9.17) is 0 Å². The summed E-state index contributed by atoms with van der Waals surface area (Å²) in [5.74, 6) is 0. The average molecular weight is 205 g/mol. The van der Waals surface area contributed by atoms with Gasteiger partial charge in [0.2, 0.25) is 0 Å². The molecule has 0 atom stereocenters. The summed E-state index contributed by atoms with van der Waals surface area (Å²) < 4.78 is 4.54. The van der Waals surface area contributed by atoms with E-state index >= 15 is 0 Å². The van der Waals surface area contributed by atoms with Gasteiger partial charge in [-0.2, -0.15) is 0 Å². The normalized spacial score (nSPS) is 10.3. The molecule has 0 aromatic heterocycles. The highest BCUT2D eigenvalue weighted by molar-refractivity contribution is 5.87. The Balaban J connectivity index is 2.86. The molecule has 1 rings (SSSR count). The number of carbonyl (C=O) groups excluding carboxylic acids is 1. The molecule has 0 aliphatic heterocycles. The molecule has 0 spiro atoms. The molecule has 1 N–H and O–H groups in total. The summed E-state index contributed by atoms with van der Waals surface area (Å²) in [6, 6.07) is 7.58. The standard InChI is InChI=1S/C12H15NO2/c1-3-4-7-10-8-5-6-9-11(10)13-12(14)15-2/h4-9H,3H2,1-2H3,(H,13,14)/b7-4+.